The molecule has 7 nitrogen and oxygen atoms in total. The molecule has 1 fully saturated rings. The monoisotopic (exact) mass is 280 g/mol. The summed E-state index contributed by atoms with van der Waals surface area (Å²) in [7, 11) is 1.79. The summed E-state index contributed by atoms with van der Waals surface area (Å²) >= 11 is 0. The number of nitrogens with zero attached hydrogens (tertiary/aromatic N) is 4. The number of nitrogens with two attached hydrogens (primary N) is 1. The number of hydrogen-bond donors (Lipinski definition) is 2. The Bertz CT molecular complexity index is 430. The summed E-state index contributed by atoms with van der Waals surface area (Å²) in [6.07, 6.45) is 3.91. The number of piperidine rings is 1. The molecule has 2 amide bonds. The van der Waals surface area contributed by atoms with Gasteiger partial charge in [-0.15, -0.1) is 0 Å². The topological polar surface area (TPSA) is 89.1 Å². The summed E-state index contributed by atoms with van der Waals surface area (Å²) in [6.45, 7) is 4.37. The first-order valence-corrected chi connectivity index (χ1v) is 7.31. The van der Waals surface area contributed by atoms with Crippen molar-refractivity contribution in [2.75, 3.05) is 25.4 Å². The third-order valence-electron chi connectivity index (χ3n) is 3.77. The van der Waals surface area contributed by atoms with Gasteiger partial charge >= 0.3 is 6.03 Å². The van der Waals surface area contributed by atoms with Crippen LogP contribution in [0.3, 0.4) is 0 Å². The molecule has 0 unspecified atom stereocenters. The molecule has 1 aliphatic rings. The number of carbonyl (C=O) groups is 1. The second kappa shape index (κ2) is 6.58. The van der Waals surface area contributed by atoms with E-state index in [-0.39, 0.29) is 6.03 Å². The van der Waals surface area contributed by atoms with E-state index < -0.39 is 0 Å². The van der Waals surface area contributed by atoms with E-state index in [0.29, 0.717) is 11.9 Å². The first-order valence-electron chi connectivity index (χ1n) is 7.31. The van der Waals surface area contributed by atoms with Crippen LogP contribution in [0.5, 0.6) is 0 Å². The maximum atomic E-state index is 11.9. The summed E-state index contributed by atoms with van der Waals surface area (Å²) in [6, 6.07) is 0.0467. The molecule has 0 spiro atoms. The summed E-state index contributed by atoms with van der Waals surface area (Å²) in [4.78, 5) is 18.1. The number of unbranched alkanes of at least 4 members (excludes halogenated alkanes) is 1. The highest BCUT2D eigenvalue weighted by Gasteiger charge is 2.26. The number of rotatable bonds is 4. The highest BCUT2D eigenvalue weighted by atomic mass is 16.2. The molecule has 0 aliphatic carbocycles. The minimum atomic E-state index is 0.0467. The van der Waals surface area contributed by atoms with Crippen LogP contribution in [0, 0.1) is 0 Å². The summed E-state index contributed by atoms with van der Waals surface area (Å²) < 4.78 is 1.60. The van der Waals surface area contributed by atoms with Crippen molar-refractivity contribution in [3.8, 4) is 0 Å². The first-order chi connectivity index (χ1) is 9.61. The molecule has 1 aromatic heterocycles. The van der Waals surface area contributed by atoms with Crippen molar-refractivity contribution < 1.29 is 4.79 Å². The Balaban J connectivity index is 1.81. The van der Waals surface area contributed by atoms with Crippen LogP contribution in [0.25, 0.3) is 0 Å². The number of likely N-dealkylation sites (tertiary alicyclic amines) is 1. The highest BCUT2D eigenvalue weighted by molar-refractivity contribution is 5.74. The fourth-order valence-corrected chi connectivity index (χ4v) is 2.41. The average Bonchev–Trinajstić information content (AvgIpc) is 2.79. The summed E-state index contributed by atoms with van der Waals surface area (Å²) in [5.74, 6) is 1.55. The Morgan fingerprint density at radius 2 is 2.15 bits per heavy atom. The van der Waals surface area contributed by atoms with Crippen molar-refractivity contribution in [1.29, 1.82) is 0 Å². The van der Waals surface area contributed by atoms with Crippen molar-refractivity contribution in [2.45, 2.75) is 38.5 Å². The van der Waals surface area contributed by atoms with Gasteiger partial charge in [-0.3, -0.25) is 0 Å². The van der Waals surface area contributed by atoms with Crippen LogP contribution in [-0.4, -0.2) is 45.3 Å². The van der Waals surface area contributed by atoms with E-state index in [1.165, 1.54) is 0 Å². The van der Waals surface area contributed by atoms with Gasteiger partial charge in [0, 0.05) is 32.6 Å². The SMILES string of the molecule is CCCCNC(=O)N1CCC(c2nc(N)n(C)n2)CC1. The van der Waals surface area contributed by atoms with Gasteiger partial charge in [0.1, 0.15) is 0 Å². The number of carbonyl (C=O) groups excluding carboxylic acids is 1. The van der Waals surface area contributed by atoms with Gasteiger partial charge in [0.15, 0.2) is 5.82 Å². The van der Waals surface area contributed by atoms with Crippen LogP contribution in [-0.2, 0) is 7.05 Å². The molecule has 1 aliphatic heterocycles. The van der Waals surface area contributed by atoms with E-state index in [9.17, 15) is 4.79 Å². The quantitative estimate of drug-likeness (QED) is 0.808. The number of anilines is 1. The lowest BCUT2D eigenvalue weighted by Crippen LogP contribution is -2.44. The van der Waals surface area contributed by atoms with E-state index in [1.807, 2.05) is 4.90 Å². The van der Waals surface area contributed by atoms with E-state index >= 15 is 0 Å². The Hall–Kier alpha value is -1.79. The number of aromatic nitrogens is 3. The molecule has 20 heavy (non-hydrogen) atoms. The Morgan fingerprint density at radius 3 is 2.70 bits per heavy atom. The Kier molecular flexibility index (Phi) is 4.81. The first kappa shape index (κ1) is 14.6. The minimum absolute atomic E-state index is 0.0467. The standard InChI is InChI=1S/C13H24N6O/c1-3-4-7-15-13(20)19-8-5-10(6-9-19)11-16-12(14)18(2)17-11/h10H,3-9H2,1-2H3,(H,15,20)(H2,14,16,17). The van der Waals surface area contributed by atoms with Crippen molar-refractivity contribution in [2.24, 2.45) is 7.05 Å². The van der Waals surface area contributed by atoms with Crippen molar-refractivity contribution >= 4 is 12.0 Å². The second-order valence-electron chi connectivity index (χ2n) is 5.30. The van der Waals surface area contributed by atoms with Crippen LogP contribution in [0.1, 0.15) is 44.3 Å². The summed E-state index contributed by atoms with van der Waals surface area (Å²) in [5, 5.41) is 7.28. The van der Waals surface area contributed by atoms with Gasteiger partial charge in [-0.25, -0.2) is 9.48 Å². The summed E-state index contributed by atoms with van der Waals surface area (Å²) in [5.41, 5.74) is 5.71. The minimum Gasteiger partial charge on any atom is -0.368 e. The predicted molar refractivity (Wildman–Crippen MR) is 77.3 cm³/mol. The van der Waals surface area contributed by atoms with Crippen LogP contribution in [0.2, 0.25) is 0 Å². The molecule has 0 radical (unpaired) electrons. The Labute approximate surface area is 119 Å². The number of hydrogen-bond acceptors (Lipinski definition) is 4. The number of amides is 2. The normalized spacial score (nSPS) is 16.4. The van der Waals surface area contributed by atoms with Crippen molar-refractivity contribution in [1.82, 2.24) is 25.0 Å². The fraction of sp³-hybridized carbons (Fsp3) is 0.769. The molecule has 0 aromatic carbocycles. The van der Waals surface area contributed by atoms with E-state index in [2.05, 4.69) is 22.3 Å². The smallest absolute Gasteiger partial charge is 0.317 e. The van der Waals surface area contributed by atoms with E-state index in [0.717, 1.165) is 51.1 Å². The van der Waals surface area contributed by atoms with Crippen LogP contribution in [0.15, 0.2) is 0 Å². The molecule has 2 rings (SSSR count). The Morgan fingerprint density at radius 1 is 1.45 bits per heavy atom. The third kappa shape index (κ3) is 3.40. The molecule has 112 valence electrons. The second-order valence-corrected chi connectivity index (χ2v) is 5.30. The fourth-order valence-electron chi connectivity index (χ4n) is 2.41. The molecule has 1 saturated heterocycles. The van der Waals surface area contributed by atoms with Crippen molar-refractivity contribution in [3.63, 3.8) is 0 Å². The molecule has 0 bridgehead atoms. The number of nitrogens with one attached hydrogen (secondary N) is 1. The van der Waals surface area contributed by atoms with Gasteiger partial charge in [0.05, 0.1) is 0 Å². The lowest BCUT2D eigenvalue weighted by atomic mass is 9.96. The van der Waals surface area contributed by atoms with Gasteiger partial charge in [-0.05, 0) is 19.3 Å². The molecule has 7 heteroatoms. The molecule has 0 atom stereocenters. The zero-order valence-corrected chi connectivity index (χ0v) is 12.3. The zero-order chi connectivity index (χ0) is 14.5. The molecule has 2 heterocycles. The van der Waals surface area contributed by atoms with E-state index in [1.54, 1.807) is 11.7 Å². The maximum absolute atomic E-state index is 11.9. The lowest BCUT2D eigenvalue weighted by Gasteiger charge is -2.30. The number of aryl methyl sites for hydroxylation is 1. The van der Waals surface area contributed by atoms with Crippen LogP contribution in [0.4, 0.5) is 10.7 Å². The molecular formula is C13H24N6O. The van der Waals surface area contributed by atoms with Gasteiger partial charge in [0.25, 0.3) is 0 Å². The number of urea groups is 1. The molecule has 3 N–H and O–H groups in total. The van der Waals surface area contributed by atoms with Crippen molar-refractivity contribution in [3.05, 3.63) is 5.82 Å². The van der Waals surface area contributed by atoms with E-state index in [4.69, 9.17) is 5.73 Å². The maximum Gasteiger partial charge on any atom is 0.317 e. The van der Waals surface area contributed by atoms with Crippen LogP contribution < -0.4 is 11.1 Å². The third-order valence-corrected chi connectivity index (χ3v) is 3.77. The lowest BCUT2D eigenvalue weighted by molar-refractivity contribution is 0.180. The molecular weight excluding hydrogens is 256 g/mol. The van der Waals surface area contributed by atoms with Gasteiger partial charge in [0.2, 0.25) is 5.95 Å². The van der Waals surface area contributed by atoms with Gasteiger partial charge < -0.3 is 16.0 Å². The zero-order valence-electron chi connectivity index (χ0n) is 12.3. The highest BCUT2D eigenvalue weighted by Crippen LogP contribution is 2.26. The molecule has 1 aromatic rings. The van der Waals surface area contributed by atoms with Crippen LogP contribution >= 0.6 is 0 Å². The predicted octanol–water partition coefficient (Wildman–Crippen LogP) is 1.09. The molecule has 0 saturated carbocycles. The van der Waals surface area contributed by atoms with Gasteiger partial charge in [-0.2, -0.15) is 10.1 Å². The largest absolute Gasteiger partial charge is 0.368 e. The van der Waals surface area contributed by atoms with Gasteiger partial charge in [-0.1, -0.05) is 13.3 Å². The average molecular weight is 280 g/mol. The number of nitrogen functional groups attached to an aromatic ring is 1.